The number of allylic oxidation sites excluding steroid dienone is 1. The summed E-state index contributed by atoms with van der Waals surface area (Å²) in [6.07, 6.45) is 2.50. The molecule has 0 saturated heterocycles. The molecule has 0 bridgehead atoms. The molecule has 0 unspecified atom stereocenters. The average molecular weight is 557 g/mol. The fraction of sp³-hybridized carbons (Fsp3) is 0.0417. The van der Waals surface area contributed by atoms with Crippen LogP contribution in [0, 0.1) is 18.3 Å². The second-order valence-corrected chi connectivity index (χ2v) is 10.4. The van der Waals surface area contributed by atoms with E-state index in [1.807, 2.05) is 0 Å². The van der Waals surface area contributed by atoms with Gasteiger partial charge in [0.05, 0.1) is 4.90 Å². The summed E-state index contributed by atoms with van der Waals surface area (Å²) in [7, 11) is -4.21. The Bertz CT molecular complexity index is 1640. The van der Waals surface area contributed by atoms with Crippen molar-refractivity contribution in [2.75, 3.05) is 0 Å². The molecular formula is C24H15BrClN3O4S. The van der Waals surface area contributed by atoms with Gasteiger partial charge in [-0.3, -0.25) is 9.20 Å². The Morgan fingerprint density at radius 3 is 2.47 bits per heavy atom. The van der Waals surface area contributed by atoms with Gasteiger partial charge in [-0.15, -0.1) is 0 Å². The van der Waals surface area contributed by atoms with Crippen LogP contribution in [-0.2, 0) is 9.84 Å². The number of nitrogens with zero attached hydrogens (tertiary/aromatic N) is 3. The second kappa shape index (κ2) is 9.43. The predicted octanol–water partition coefficient (Wildman–Crippen LogP) is 5.55. The summed E-state index contributed by atoms with van der Waals surface area (Å²) in [5.41, 5.74) is 0.272. The molecule has 2 heterocycles. The number of pyridine rings is 1. The van der Waals surface area contributed by atoms with Crippen molar-refractivity contribution >= 4 is 49.1 Å². The van der Waals surface area contributed by atoms with Crippen molar-refractivity contribution in [3.8, 4) is 17.7 Å². The number of aromatic nitrogens is 2. The van der Waals surface area contributed by atoms with Crippen molar-refractivity contribution < 1.29 is 13.2 Å². The van der Waals surface area contributed by atoms with Crippen LogP contribution in [-0.4, -0.2) is 17.8 Å². The van der Waals surface area contributed by atoms with Gasteiger partial charge in [0.1, 0.15) is 27.9 Å². The van der Waals surface area contributed by atoms with Crippen LogP contribution in [0.15, 0.2) is 85.9 Å². The number of ether oxygens (including phenoxy) is 1. The van der Waals surface area contributed by atoms with E-state index < -0.39 is 20.3 Å². The van der Waals surface area contributed by atoms with Crippen LogP contribution in [0.25, 0.3) is 11.7 Å². The number of halogens is 2. The van der Waals surface area contributed by atoms with E-state index >= 15 is 0 Å². The largest absolute Gasteiger partial charge is 0.438 e. The Kier molecular flexibility index (Phi) is 6.57. The highest BCUT2D eigenvalue weighted by atomic mass is 79.9. The number of hydrogen-bond donors (Lipinski definition) is 0. The van der Waals surface area contributed by atoms with Gasteiger partial charge in [0.25, 0.3) is 5.56 Å². The number of hydrogen-bond acceptors (Lipinski definition) is 6. The molecule has 170 valence electrons. The Hall–Kier alpha value is -3.45. The van der Waals surface area contributed by atoms with Gasteiger partial charge in [-0.2, -0.15) is 10.2 Å². The Balaban J connectivity index is 1.95. The topological polar surface area (TPSA) is 102 Å². The monoisotopic (exact) mass is 555 g/mol. The molecule has 7 nitrogen and oxygen atoms in total. The van der Waals surface area contributed by atoms with E-state index in [2.05, 4.69) is 20.9 Å². The molecule has 0 N–H and O–H groups in total. The fourth-order valence-corrected chi connectivity index (χ4v) is 4.68. The molecule has 0 atom stereocenters. The minimum atomic E-state index is -4.21. The predicted molar refractivity (Wildman–Crippen MR) is 133 cm³/mol. The lowest BCUT2D eigenvalue weighted by molar-refractivity contribution is 0.461. The standard InChI is InChI=1S/C24H15BrClN3O4S/c1-15-3-2-12-29-22(15)28-23(33-18-8-6-17(26)7-9-18)21(24(29)30)13-20(14-27)34(31,32)19-10-4-16(25)5-11-19/h2-13H,1H3/b20-13-. The first kappa shape index (κ1) is 23.7. The van der Waals surface area contributed by atoms with Crippen molar-refractivity contribution in [2.45, 2.75) is 11.8 Å². The third kappa shape index (κ3) is 4.61. The zero-order valence-corrected chi connectivity index (χ0v) is 20.7. The quantitative estimate of drug-likeness (QED) is 0.299. The highest BCUT2D eigenvalue weighted by molar-refractivity contribution is 9.10. The van der Waals surface area contributed by atoms with Gasteiger partial charge in [-0.05, 0) is 73.2 Å². The Morgan fingerprint density at radius 2 is 1.82 bits per heavy atom. The van der Waals surface area contributed by atoms with Gasteiger partial charge in [-0.25, -0.2) is 8.42 Å². The molecule has 4 rings (SSSR count). The van der Waals surface area contributed by atoms with Gasteiger partial charge in [0.15, 0.2) is 0 Å². The van der Waals surface area contributed by atoms with E-state index in [1.165, 1.54) is 22.7 Å². The number of rotatable bonds is 5. The van der Waals surface area contributed by atoms with Crippen LogP contribution < -0.4 is 10.3 Å². The molecule has 0 radical (unpaired) electrons. The van der Waals surface area contributed by atoms with Crippen molar-refractivity contribution in [3.05, 3.63) is 103 Å². The maximum Gasteiger partial charge on any atom is 0.269 e. The first-order chi connectivity index (χ1) is 16.2. The minimum absolute atomic E-state index is 0.0895. The first-order valence-corrected chi connectivity index (χ1v) is 12.4. The molecule has 2 aromatic heterocycles. The third-order valence-electron chi connectivity index (χ3n) is 4.88. The molecule has 0 fully saturated rings. The zero-order valence-electron chi connectivity index (χ0n) is 17.6. The summed E-state index contributed by atoms with van der Waals surface area (Å²) in [5.74, 6) is 0.193. The maximum atomic E-state index is 13.4. The van der Waals surface area contributed by atoms with Gasteiger partial charge >= 0.3 is 0 Å². The lowest BCUT2D eigenvalue weighted by Crippen LogP contribution is -2.20. The van der Waals surface area contributed by atoms with Gasteiger partial charge < -0.3 is 4.74 Å². The van der Waals surface area contributed by atoms with Crippen LogP contribution in [0.2, 0.25) is 5.02 Å². The fourth-order valence-electron chi connectivity index (χ4n) is 3.15. The Morgan fingerprint density at radius 1 is 1.15 bits per heavy atom. The zero-order chi connectivity index (χ0) is 24.5. The SMILES string of the molecule is Cc1cccn2c(=O)c(/C=C(/C#N)S(=O)(=O)c3ccc(Br)cc3)c(Oc3ccc(Cl)cc3)nc12. The van der Waals surface area contributed by atoms with E-state index in [4.69, 9.17) is 16.3 Å². The van der Waals surface area contributed by atoms with Crippen molar-refractivity contribution in [2.24, 2.45) is 0 Å². The average Bonchev–Trinajstić information content (AvgIpc) is 2.81. The second-order valence-electron chi connectivity index (χ2n) is 7.15. The molecule has 0 amide bonds. The molecule has 2 aromatic carbocycles. The number of benzene rings is 2. The van der Waals surface area contributed by atoms with Crippen molar-refractivity contribution in [3.63, 3.8) is 0 Å². The van der Waals surface area contributed by atoms with Crippen LogP contribution in [0.1, 0.15) is 11.1 Å². The van der Waals surface area contributed by atoms with Gasteiger partial charge in [-0.1, -0.05) is 33.6 Å². The molecule has 0 saturated carbocycles. The highest BCUT2D eigenvalue weighted by Crippen LogP contribution is 2.28. The van der Waals surface area contributed by atoms with Crippen LogP contribution in [0.5, 0.6) is 11.6 Å². The van der Waals surface area contributed by atoms with Crippen LogP contribution >= 0.6 is 27.5 Å². The van der Waals surface area contributed by atoms with Crippen LogP contribution in [0.3, 0.4) is 0 Å². The van der Waals surface area contributed by atoms with E-state index in [0.29, 0.717) is 26.5 Å². The summed E-state index contributed by atoms with van der Waals surface area (Å²) < 4.78 is 34.1. The summed E-state index contributed by atoms with van der Waals surface area (Å²) in [6.45, 7) is 1.78. The van der Waals surface area contributed by atoms with E-state index in [0.717, 1.165) is 6.08 Å². The highest BCUT2D eigenvalue weighted by Gasteiger charge is 2.24. The molecule has 0 aliphatic carbocycles. The molecular weight excluding hydrogens is 542 g/mol. The molecule has 34 heavy (non-hydrogen) atoms. The van der Waals surface area contributed by atoms with Gasteiger partial charge in [0, 0.05) is 15.7 Å². The molecule has 10 heteroatoms. The Labute approximate surface area is 208 Å². The number of fused-ring (bicyclic) bond motifs is 1. The van der Waals surface area contributed by atoms with Gasteiger partial charge in [0.2, 0.25) is 15.7 Å². The summed E-state index contributed by atoms with van der Waals surface area (Å²) in [4.78, 5) is 17.1. The minimum Gasteiger partial charge on any atom is -0.438 e. The number of nitriles is 1. The first-order valence-electron chi connectivity index (χ1n) is 9.78. The normalized spacial score (nSPS) is 11.9. The molecule has 0 aliphatic rings. The number of aryl methyl sites for hydroxylation is 1. The molecule has 0 spiro atoms. The van der Waals surface area contributed by atoms with E-state index in [1.54, 1.807) is 61.5 Å². The van der Waals surface area contributed by atoms with Crippen LogP contribution in [0.4, 0.5) is 0 Å². The number of sulfone groups is 1. The smallest absolute Gasteiger partial charge is 0.269 e. The molecule has 0 aliphatic heterocycles. The lowest BCUT2D eigenvalue weighted by Gasteiger charge is -2.12. The summed E-state index contributed by atoms with van der Waals surface area (Å²) in [5, 5.41) is 10.2. The maximum absolute atomic E-state index is 13.4. The summed E-state index contributed by atoms with van der Waals surface area (Å²) in [6, 6.07) is 17.3. The van der Waals surface area contributed by atoms with Crippen molar-refractivity contribution in [1.29, 1.82) is 5.26 Å². The lowest BCUT2D eigenvalue weighted by atomic mass is 10.2. The third-order valence-corrected chi connectivity index (χ3v) is 7.34. The van der Waals surface area contributed by atoms with E-state index in [9.17, 15) is 18.5 Å². The van der Waals surface area contributed by atoms with E-state index in [-0.39, 0.29) is 16.3 Å². The molecule has 4 aromatic rings. The summed E-state index contributed by atoms with van der Waals surface area (Å²) >= 11 is 9.19. The van der Waals surface area contributed by atoms with Crippen molar-refractivity contribution in [1.82, 2.24) is 9.38 Å².